The molecule has 1 aromatic carbocycles. The van der Waals surface area contributed by atoms with Gasteiger partial charge in [-0.2, -0.15) is 5.26 Å². The highest BCUT2D eigenvalue weighted by Gasteiger charge is 2.61. The van der Waals surface area contributed by atoms with Gasteiger partial charge in [0.1, 0.15) is 23.0 Å². The van der Waals surface area contributed by atoms with Crippen LogP contribution in [0, 0.1) is 23.1 Å². The van der Waals surface area contributed by atoms with Crippen LogP contribution >= 0.6 is 15.2 Å². The van der Waals surface area contributed by atoms with E-state index in [1.165, 1.54) is 9.47 Å². The largest absolute Gasteiger partial charge is 0.477 e. The quantitative estimate of drug-likeness (QED) is 0.289. The van der Waals surface area contributed by atoms with Crippen LogP contribution in [0.15, 0.2) is 17.1 Å². The second kappa shape index (κ2) is 10.2. The Morgan fingerprint density at radius 2 is 1.79 bits per heavy atom. The summed E-state index contributed by atoms with van der Waals surface area (Å²) in [5.74, 6) is -2.77. The molecule has 5 rings (SSSR count). The molecule has 42 heavy (non-hydrogen) atoms. The summed E-state index contributed by atoms with van der Waals surface area (Å²) in [6.45, 7) is 0.547. The smallest absolute Gasteiger partial charge is 0.411 e. The first-order valence-electron chi connectivity index (χ1n) is 12.9. The molecule has 2 saturated heterocycles. The predicted octanol–water partition coefficient (Wildman–Crippen LogP) is 2.11. The molecular formula is C24H27FN4O11P2. The minimum absolute atomic E-state index is 0.0245. The average Bonchev–Trinajstić information content (AvgIpc) is 3.64. The first-order valence-corrected chi connectivity index (χ1v) is 16.1. The summed E-state index contributed by atoms with van der Waals surface area (Å²) in [6.07, 6.45) is 2.07. The second-order valence-corrected chi connectivity index (χ2v) is 15.1. The van der Waals surface area contributed by atoms with Gasteiger partial charge in [-0.3, -0.25) is 13.9 Å². The SMILES string of the molecule is CC(OC(=O)N1CCC[C@H]2CN(c3c(F)cc4c(=O)c(C(=O)O)cn(C5CC5)c4c3C#N)C[C@H]21)(P(=O)(O)O)P(=O)(O)O. The molecule has 0 bridgehead atoms. The predicted molar refractivity (Wildman–Crippen MR) is 143 cm³/mol. The number of ether oxygens (including phenoxy) is 1. The molecule has 0 radical (unpaired) electrons. The van der Waals surface area contributed by atoms with Gasteiger partial charge in [-0.05, 0) is 44.6 Å². The molecule has 3 heterocycles. The minimum atomic E-state index is -5.66. The number of carbonyl (C=O) groups is 2. The number of carboxylic acid groups (broad SMARTS) is 1. The number of amides is 1. The van der Waals surface area contributed by atoms with Gasteiger partial charge in [-0.1, -0.05) is 0 Å². The number of piperidine rings is 1. The lowest BCUT2D eigenvalue weighted by atomic mass is 9.92. The summed E-state index contributed by atoms with van der Waals surface area (Å²) in [6, 6.07) is 1.96. The molecular weight excluding hydrogens is 601 g/mol. The third-order valence-electron chi connectivity index (χ3n) is 8.22. The Morgan fingerprint density at radius 1 is 1.14 bits per heavy atom. The number of hydrogen-bond donors (Lipinski definition) is 5. The molecule has 0 spiro atoms. The molecule has 1 saturated carbocycles. The summed E-state index contributed by atoms with van der Waals surface area (Å²) >= 11 is 0. The zero-order valence-electron chi connectivity index (χ0n) is 22.1. The Morgan fingerprint density at radius 3 is 2.33 bits per heavy atom. The van der Waals surface area contributed by atoms with Gasteiger partial charge in [-0.25, -0.2) is 14.0 Å². The highest BCUT2D eigenvalue weighted by molar-refractivity contribution is 7.72. The van der Waals surface area contributed by atoms with Gasteiger partial charge in [-0.15, -0.1) is 0 Å². The molecule has 15 nitrogen and oxygen atoms in total. The van der Waals surface area contributed by atoms with Crippen molar-refractivity contribution in [1.82, 2.24) is 9.47 Å². The number of aromatic nitrogens is 1. The van der Waals surface area contributed by atoms with Crippen molar-refractivity contribution in [3.05, 3.63) is 39.4 Å². The van der Waals surface area contributed by atoms with E-state index in [2.05, 4.69) is 0 Å². The third-order valence-corrected chi connectivity index (χ3v) is 12.1. The number of aromatic carboxylic acids is 1. The lowest BCUT2D eigenvalue weighted by Gasteiger charge is -2.38. The van der Waals surface area contributed by atoms with Crippen molar-refractivity contribution in [2.75, 3.05) is 24.5 Å². The van der Waals surface area contributed by atoms with Crippen LogP contribution in [0.25, 0.3) is 10.9 Å². The fourth-order valence-electron chi connectivity index (χ4n) is 5.79. The minimum Gasteiger partial charge on any atom is -0.477 e. The number of hydrogen-bond acceptors (Lipinski definition) is 8. The van der Waals surface area contributed by atoms with Crippen molar-refractivity contribution in [3.8, 4) is 6.07 Å². The first-order chi connectivity index (χ1) is 19.5. The number of likely N-dealkylation sites (tertiary alicyclic amines) is 1. The van der Waals surface area contributed by atoms with Gasteiger partial charge in [0.25, 0.3) is 0 Å². The number of nitrogens with zero attached hydrogens (tertiary/aromatic N) is 4. The third kappa shape index (κ3) is 4.80. The zero-order valence-corrected chi connectivity index (χ0v) is 23.9. The summed E-state index contributed by atoms with van der Waals surface area (Å²) in [4.78, 5) is 78.7. The Labute approximate surface area is 237 Å². The second-order valence-electron chi connectivity index (χ2n) is 10.9. The van der Waals surface area contributed by atoms with Gasteiger partial charge >= 0.3 is 32.3 Å². The maximum atomic E-state index is 15.7. The molecule has 5 N–H and O–H groups in total. The van der Waals surface area contributed by atoms with Crippen molar-refractivity contribution < 1.29 is 52.5 Å². The molecule has 1 amide bonds. The summed E-state index contributed by atoms with van der Waals surface area (Å²) in [5, 5.41) is 16.0. The van der Waals surface area contributed by atoms with E-state index in [1.54, 1.807) is 0 Å². The molecule has 1 aliphatic carbocycles. The number of carbonyl (C=O) groups excluding carboxylic acids is 1. The van der Waals surface area contributed by atoms with E-state index in [0.717, 1.165) is 17.2 Å². The number of anilines is 1. The summed E-state index contributed by atoms with van der Waals surface area (Å²) in [7, 11) is -11.3. The first kappa shape index (κ1) is 30.2. The van der Waals surface area contributed by atoms with E-state index in [1.807, 2.05) is 6.07 Å². The van der Waals surface area contributed by atoms with E-state index in [-0.39, 0.29) is 53.7 Å². The van der Waals surface area contributed by atoms with E-state index in [4.69, 9.17) is 4.74 Å². The molecule has 226 valence electrons. The van der Waals surface area contributed by atoms with E-state index in [9.17, 15) is 53.5 Å². The standard InChI is InChI=1S/C24H27FN4O11P2/c1-24(41(34,35)36,42(37,38)39)40-23(33)28-6-2-3-12-9-27(11-18(12)28)20-15(8-26)19-14(7-17(20)25)21(30)16(22(31)32)10-29(19)13-4-5-13/h7,10,12-13,18H,2-6,9,11H2,1H3,(H,31,32)(H2,34,35,36)(H2,37,38,39)/t12-,18+/m0/s1. The van der Waals surface area contributed by atoms with Gasteiger partial charge in [0, 0.05) is 31.9 Å². The maximum Gasteiger partial charge on any atom is 0.411 e. The normalized spacial score (nSPS) is 21.3. The average molecular weight is 628 g/mol. The number of pyridine rings is 1. The number of rotatable bonds is 6. The highest BCUT2D eigenvalue weighted by Crippen LogP contribution is 2.69. The van der Waals surface area contributed by atoms with Gasteiger partial charge < -0.3 is 43.8 Å². The van der Waals surface area contributed by atoms with Crippen molar-refractivity contribution in [2.24, 2.45) is 5.92 Å². The summed E-state index contributed by atoms with van der Waals surface area (Å²) in [5.41, 5.74) is -1.73. The van der Waals surface area contributed by atoms with E-state index >= 15 is 4.39 Å². The van der Waals surface area contributed by atoms with Crippen LogP contribution in [0.3, 0.4) is 0 Å². The van der Waals surface area contributed by atoms with Crippen molar-refractivity contribution in [2.45, 2.75) is 49.8 Å². The zero-order chi connectivity index (χ0) is 30.9. The van der Waals surface area contributed by atoms with Gasteiger partial charge in [0.2, 0.25) is 5.43 Å². The molecule has 2 aromatic rings. The van der Waals surface area contributed by atoms with Crippen molar-refractivity contribution in [3.63, 3.8) is 0 Å². The van der Waals surface area contributed by atoms with Gasteiger partial charge in [0.05, 0.1) is 22.6 Å². The molecule has 1 aromatic heterocycles. The number of halogens is 1. The van der Waals surface area contributed by atoms with Crippen LogP contribution in [-0.2, 0) is 13.9 Å². The Kier molecular flexibility index (Phi) is 7.29. The number of fused-ring (bicyclic) bond motifs is 2. The molecule has 2 aliphatic heterocycles. The molecule has 18 heteroatoms. The number of benzene rings is 1. The van der Waals surface area contributed by atoms with Crippen LogP contribution in [0.1, 0.15) is 54.6 Å². The Hall–Kier alpha value is -3.31. The van der Waals surface area contributed by atoms with E-state index in [0.29, 0.717) is 32.6 Å². The highest BCUT2D eigenvalue weighted by atomic mass is 31.2. The van der Waals surface area contributed by atoms with Crippen LogP contribution in [-0.4, -0.2) is 77.0 Å². The fraction of sp³-hybridized carbons (Fsp3) is 0.500. The lowest BCUT2D eigenvalue weighted by Crippen LogP contribution is -2.50. The van der Waals surface area contributed by atoms with Crippen LogP contribution < -0.4 is 10.3 Å². The van der Waals surface area contributed by atoms with Gasteiger partial charge in [0.15, 0.2) is 0 Å². The number of nitriles is 1. The lowest BCUT2D eigenvalue weighted by molar-refractivity contribution is 0.0344. The van der Waals surface area contributed by atoms with Crippen LogP contribution in [0.5, 0.6) is 0 Å². The van der Waals surface area contributed by atoms with E-state index < -0.39 is 55.2 Å². The Bertz CT molecular complexity index is 1680. The molecule has 0 unspecified atom stereocenters. The van der Waals surface area contributed by atoms with Crippen molar-refractivity contribution >= 4 is 43.8 Å². The summed E-state index contributed by atoms with van der Waals surface area (Å²) < 4.78 is 45.9. The Balaban J connectivity index is 1.54. The number of carboxylic acids is 1. The molecule has 3 aliphatic rings. The fourth-order valence-corrected chi connectivity index (χ4v) is 7.54. The topological polar surface area (TPSA) is 231 Å². The van der Waals surface area contributed by atoms with Crippen LogP contribution in [0.4, 0.5) is 14.9 Å². The maximum absolute atomic E-state index is 15.7. The monoisotopic (exact) mass is 628 g/mol. The van der Waals surface area contributed by atoms with Crippen molar-refractivity contribution in [1.29, 1.82) is 5.26 Å². The molecule has 3 fully saturated rings. The van der Waals surface area contributed by atoms with Crippen LogP contribution in [0.2, 0.25) is 0 Å². The molecule has 2 atom stereocenters.